The lowest BCUT2D eigenvalue weighted by Gasteiger charge is -2.06. The van der Waals surface area contributed by atoms with Crippen molar-refractivity contribution < 1.29 is 4.74 Å². The van der Waals surface area contributed by atoms with Gasteiger partial charge in [-0.3, -0.25) is 4.40 Å². The molecule has 0 spiro atoms. The highest BCUT2D eigenvalue weighted by Crippen LogP contribution is 2.33. The Balaban J connectivity index is 2.06. The predicted molar refractivity (Wildman–Crippen MR) is 87.0 cm³/mol. The lowest BCUT2D eigenvalue weighted by atomic mass is 10.3. The van der Waals surface area contributed by atoms with Crippen LogP contribution >= 0.6 is 43.5 Å². The molecule has 0 saturated carbocycles. The largest absolute Gasteiger partial charge is 0.436 e. The molecule has 0 radical (unpaired) electrons. The normalized spacial score (nSPS) is 10.9. The third-order valence-corrected chi connectivity index (χ3v) is 4.14. The highest BCUT2D eigenvalue weighted by molar-refractivity contribution is 9.10. The number of imidazole rings is 1. The summed E-state index contributed by atoms with van der Waals surface area (Å²) >= 11 is 13.0. The fraction of sp³-hybridized carbons (Fsp3) is 0.0714. The summed E-state index contributed by atoms with van der Waals surface area (Å²) in [7, 11) is 0. The van der Waals surface area contributed by atoms with Crippen LogP contribution in [0.3, 0.4) is 0 Å². The van der Waals surface area contributed by atoms with Crippen LogP contribution < -0.4 is 4.74 Å². The van der Waals surface area contributed by atoms with Crippen LogP contribution in [-0.4, -0.2) is 9.38 Å². The molecule has 3 nitrogen and oxygen atoms in total. The number of hydrogen-bond donors (Lipinski definition) is 0. The fourth-order valence-electron chi connectivity index (χ4n) is 1.89. The molecule has 0 saturated heterocycles. The smallest absolute Gasteiger partial charge is 0.242 e. The van der Waals surface area contributed by atoms with Gasteiger partial charge in [-0.15, -0.1) is 0 Å². The summed E-state index contributed by atoms with van der Waals surface area (Å²) in [5.74, 6) is 1.14. The quantitative estimate of drug-likeness (QED) is 0.532. The van der Waals surface area contributed by atoms with Crippen LogP contribution in [0, 0.1) is 0 Å². The Bertz CT molecular complexity index is 773. The Morgan fingerprint density at radius 2 is 2.10 bits per heavy atom. The Kier molecular flexibility index (Phi) is 4.01. The van der Waals surface area contributed by atoms with E-state index in [1.165, 1.54) is 0 Å². The van der Waals surface area contributed by atoms with Crippen molar-refractivity contribution in [1.82, 2.24) is 9.38 Å². The number of aromatic nitrogens is 2. The zero-order valence-electron chi connectivity index (χ0n) is 10.2. The molecule has 0 N–H and O–H groups in total. The lowest BCUT2D eigenvalue weighted by Crippen LogP contribution is -1.92. The Hall–Kier alpha value is -1.04. The Morgan fingerprint density at radius 3 is 2.85 bits per heavy atom. The van der Waals surface area contributed by atoms with E-state index >= 15 is 0 Å². The minimum atomic E-state index is 0.539. The maximum Gasteiger partial charge on any atom is 0.242 e. The molecule has 0 fully saturated rings. The van der Waals surface area contributed by atoms with Crippen molar-refractivity contribution in [2.24, 2.45) is 0 Å². The van der Waals surface area contributed by atoms with Crippen LogP contribution in [0.4, 0.5) is 0 Å². The highest BCUT2D eigenvalue weighted by Gasteiger charge is 2.14. The molecule has 3 rings (SSSR count). The summed E-state index contributed by atoms with van der Waals surface area (Å²) < 4.78 is 8.75. The zero-order valence-corrected chi connectivity index (χ0v) is 14.1. The first-order valence-corrected chi connectivity index (χ1v) is 8.13. The molecule has 0 aliphatic carbocycles. The molecule has 3 aromatic rings. The summed E-state index contributed by atoms with van der Waals surface area (Å²) in [6, 6.07) is 11.3. The third-order valence-electron chi connectivity index (χ3n) is 2.82. The van der Waals surface area contributed by atoms with Gasteiger partial charge in [-0.05, 0) is 30.3 Å². The third kappa shape index (κ3) is 2.57. The van der Waals surface area contributed by atoms with Crippen molar-refractivity contribution >= 4 is 49.1 Å². The van der Waals surface area contributed by atoms with Gasteiger partial charge in [0.15, 0.2) is 0 Å². The van der Waals surface area contributed by atoms with E-state index < -0.39 is 0 Å². The van der Waals surface area contributed by atoms with Crippen LogP contribution in [0.5, 0.6) is 11.6 Å². The van der Waals surface area contributed by atoms with Gasteiger partial charge in [0.1, 0.15) is 11.4 Å². The number of rotatable bonds is 3. The first-order chi connectivity index (χ1) is 9.69. The summed E-state index contributed by atoms with van der Waals surface area (Å²) in [5, 5.41) is 1.18. The number of alkyl halides is 1. The number of benzene rings is 1. The molecule has 0 atom stereocenters. The number of halogens is 3. The van der Waals surface area contributed by atoms with E-state index in [0.29, 0.717) is 22.0 Å². The molecular weight excluding hydrogens is 407 g/mol. The second-order valence-electron chi connectivity index (χ2n) is 4.10. The van der Waals surface area contributed by atoms with Crippen molar-refractivity contribution in [3.63, 3.8) is 0 Å². The van der Waals surface area contributed by atoms with E-state index in [1.54, 1.807) is 6.07 Å². The molecule has 2 aromatic heterocycles. The average molecular weight is 417 g/mol. The summed E-state index contributed by atoms with van der Waals surface area (Å²) in [6.45, 7) is 0. The maximum atomic E-state index is 6.17. The molecule has 102 valence electrons. The molecule has 2 heterocycles. The number of nitrogens with zero attached hydrogens (tertiary/aromatic N) is 2. The van der Waals surface area contributed by atoms with Gasteiger partial charge in [-0.2, -0.15) is 4.98 Å². The molecule has 0 amide bonds. The SMILES string of the molecule is Clc1cc(Br)ccc1Oc1nc2ccccn2c1CBr. The van der Waals surface area contributed by atoms with Gasteiger partial charge < -0.3 is 4.74 Å². The second kappa shape index (κ2) is 5.76. The molecule has 0 bridgehead atoms. The molecule has 0 aliphatic heterocycles. The Morgan fingerprint density at radius 1 is 1.25 bits per heavy atom. The molecule has 0 aliphatic rings. The molecular formula is C14H9Br2ClN2O. The van der Waals surface area contributed by atoms with E-state index in [0.717, 1.165) is 15.8 Å². The zero-order chi connectivity index (χ0) is 14.1. The molecule has 20 heavy (non-hydrogen) atoms. The molecule has 0 unspecified atom stereocenters. The number of hydrogen-bond acceptors (Lipinski definition) is 2. The van der Waals surface area contributed by atoms with Gasteiger partial charge >= 0.3 is 0 Å². The van der Waals surface area contributed by atoms with Crippen LogP contribution in [-0.2, 0) is 5.33 Å². The van der Waals surface area contributed by atoms with Crippen LogP contribution in [0.1, 0.15) is 5.69 Å². The van der Waals surface area contributed by atoms with E-state index in [4.69, 9.17) is 16.3 Å². The van der Waals surface area contributed by atoms with E-state index in [2.05, 4.69) is 36.8 Å². The number of fused-ring (bicyclic) bond motifs is 1. The highest BCUT2D eigenvalue weighted by atomic mass is 79.9. The van der Waals surface area contributed by atoms with E-state index in [-0.39, 0.29) is 0 Å². The predicted octanol–water partition coefficient (Wildman–Crippen LogP) is 5.44. The van der Waals surface area contributed by atoms with Crippen LogP contribution in [0.25, 0.3) is 5.65 Å². The second-order valence-corrected chi connectivity index (χ2v) is 5.99. The van der Waals surface area contributed by atoms with Gasteiger partial charge in [-0.1, -0.05) is 49.5 Å². The van der Waals surface area contributed by atoms with Crippen molar-refractivity contribution in [1.29, 1.82) is 0 Å². The van der Waals surface area contributed by atoms with Crippen molar-refractivity contribution in [2.45, 2.75) is 5.33 Å². The van der Waals surface area contributed by atoms with E-state index in [9.17, 15) is 0 Å². The number of ether oxygens (including phenoxy) is 1. The van der Waals surface area contributed by atoms with Crippen LogP contribution in [0.2, 0.25) is 5.02 Å². The summed E-state index contributed by atoms with van der Waals surface area (Å²) in [4.78, 5) is 4.48. The van der Waals surface area contributed by atoms with Crippen LogP contribution in [0.15, 0.2) is 47.1 Å². The van der Waals surface area contributed by atoms with Crippen molar-refractivity contribution in [3.05, 3.63) is 57.8 Å². The monoisotopic (exact) mass is 414 g/mol. The fourth-order valence-corrected chi connectivity index (χ4v) is 3.11. The minimum Gasteiger partial charge on any atom is -0.436 e. The molecule has 6 heteroatoms. The van der Waals surface area contributed by atoms with Crippen molar-refractivity contribution in [3.8, 4) is 11.6 Å². The van der Waals surface area contributed by atoms with Gasteiger partial charge in [0.2, 0.25) is 5.88 Å². The maximum absolute atomic E-state index is 6.17. The van der Waals surface area contributed by atoms with Gasteiger partial charge in [0.05, 0.1) is 10.7 Å². The Labute approximate surface area is 137 Å². The summed E-state index contributed by atoms with van der Waals surface area (Å²) in [5.41, 5.74) is 1.78. The standard InChI is InChI=1S/C14H9Br2ClN2O/c15-8-11-14(18-13-3-1-2-6-19(11)13)20-12-5-4-9(16)7-10(12)17/h1-7H,8H2. The van der Waals surface area contributed by atoms with Gasteiger partial charge in [0, 0.05) is 16.0 Å². The lowest BCUT2D eigenvalue weighted by molar-refractivity contribution is 0.462. The van der Waals surface area contributed by atoms with Crippen molar-refractivity contribution in [2.75, 3.05) is 0 Å². The topological polar surface area (TPSA) is 26.5 Å². The van der Waals surface area contributed by atoms with Gasteiger partial charge in [0.25, 0.3) is 0 Å². The number of pyridine rings is 1. The molecule has 1 aromatic carbocycles. The summed E-state index contributed by atoms with van der Waals surface area (Å²) in [6.07, 6.45) is 1.95. The first-order valence-electron chi connectivity index (χ1n) is 5.84. The average Bonchev–Trinajstić information content (AvgIpc) is 2.79. The minimum absolute atomic E-state index is 0.539. The van der Waals surface area contributed by atoms with Gasteiger partial charge in [-0.25, -0.2) is 0 Å². The first kappa shape index (κ1) is 13.9. The van der Waals surface area contributed by atoms with E-state index in [1.807, 2.05) is 40.9 Å².